The van der Waals surface area contributed by atoms with Gasteiger partial charge in [-0.15, -0.1) is 11.3 Å². The number of rotatable bonds is 3. The highest BCUT2D eigenvalue weighted by Crippen LogP contribution is 2.30. The third-order valence-electron chi connectivity index (χ3n) is 4.82. The Balaban J connectivity index is 1.61. The maximum atomic E-state index is 12.9. The van der Waals surface area contributed by atoms with E-state index in [9.17, 15) is 4.79 Å². The molecule has 4 nitrogen and oxygen atoms in total. The molecule has 134 valence electrons. The molecular weight excluding hydrogens is 366 g/mol. The van der Waals surface area contributed by atoms with Crippen LogP contribution < -0.4 is 0 Å². The first-order chi connectivity index (χ1) is 12.5. The molecule has 1 saturated heterocycles. The molecule has 4 rings (SSSR count). The van der Waals surface area contributed by atoms with Crippen LogP contribution in [0.2, 0.25) is 5.02 Å². The summed E-state index contributed by atoms with van der Waals surface area (Å²) in [7, 11) is 0. The Morgan fingerprint density at radius 1 is 1.27 bits per heavy atom. The molecule has 1 amide bonds. The quantitative estimate of drug-likeness (QED) is 0.601. The van der Waals surface area contributed by atoms with Gasteiger partial charge in [-0.25, -0.2) is 0 Å². The van der Waals surface area contributed by atoms with E-state index in [1.807, 2.05) is 46.8 Å². The maximum absolute atomic E-state index is 12.9. The number of thiophene rings is 1. The summed E-state index contributed by atoms with van der Waals surface area (Å²) in [4.78, 5) is 16.6. The number of hydrogen-bond donors (Lipinski definition) is 0. The number of likely N-dealkylation sites (tertiary alicyclic amines) is 1. The zero-order valence-electron chi connectivity index (χ0n) is 14.7. The zero-order valence-corrected chi connectivity index (χ0v) is 16.2. The van der Waals surface area contributed by atoms with E-state index in [1.165, 1.54) is 16.9 Å². The zero-order chi connectivity index (χ0) is 18.3. The average Bonchev–Trinajstić information content (AvgIpc) is 3.19. The van der Waals surface area contributed by atoms with Crippen LogP contribution in [0.4, 0.5) is 0 Å². The monoisotopic (exact) mass is 385 g/mol. The normalized spacial score (nSPS) is 15.0. The summed E-state index contributed by atoms with van der Waals surface area (Å²) < 4.78 is 1.98. The van der Waals surface area contributed by atoms with Gasteiger partial charge in [0.15, 0.2) is 0 Å². The van der Waals surface area contributed by atoms with Crippen molar-refractivity contribution in [2.75, 3.05) is 13.1 Å². The van der Waals surface area contributed by atoms with E-state index >= 15 is 0 Å². The first-order valence-corrected chi connectivity index (χ1v) is 9.88. The lowest BCUT2D eigenvalue weighted by Crippen LogP contribution is -2.35. The van der Waals surface area contributed by atoms with Crippen molar-refractivity contribution in [3.63, 3.8) is 0 Å². The summed E-state index contributed by atoms with van der Waals surface area (Å²) in [5.74, 6) is 0.121. The predicted octanol–water partition coefficient (Wildman–Crippen LogP) is 4.90. The number of halogens is 1. The van der Waals surface area contributed by atoms with Gasteiger partial charge >= 0.3 is 0 Å². The van der Waals surface area contributed by atoms with Crippen LogP contribution in [0.5, 0.6) is 0 Å². The van der Waals surface area contributed by atoms with Crippen LogP contribution in [0.15, 0.2) is 42.5 Å². The van der Waals surface area contributed by atoms with Crippen molar-refractivity contribution in [1.29, 1.82) is 0 Å². The Kier molecular flexibility index (Phi) is 4.59. The first-order valence-electron chi connectivity index (χ1n) is 8.68. The molecule has 1 fully saturated rings. The van der Waals surface area contributed by atoms with Gasteiger partial charge < -0.3 is 4.90 Å². The lowest BCUT2D eigenvalue weighted by atomic mass is 10.1. The summed E-state index contributed by atoms with van der Waals surface area (Å²) >= 11 is 7.50. The lowest BCUT2D eigenvalue weighted by Gasteiger charge is -2.27. The number of aryl methyl sites for hydroxylation is 1. The van der Waals surface area contributed by atoms with E-state index in [-0.39, 0.29) is 5.91 Å². The number of fused-ring (bicyclic) bond motifs is 1. The van der Waals surface area contributed by atoms with Crippen LogP contribution in [0.1, 0.15) is 33.8 Å². The summed E-state index contributed by atoms with van der Waals surface area (Å²) in [5.41, 5.74) is 3.32. The fourth-order valence-corrected chi connectivity index (χ4v) is 4.52. The molecule has 0 N–H and O–H groups in total. The van der Waals surface area contributed by atoms with Gasteiger partial charge in [0.05, 0.1) is 17.1 Å². The Labute approximate surface area is 161 Å². The minimum atomic E-state index is 0.121. The summed E-state index contributed by atoms with van der Waals surface area (Å²) in [6, 6.07) is 9.78. The van der Waals surface area contributed by atoms with E-state index in [1.54, 1.807) is 0 Å². The largest absolute Gasteiger partial charge is 0.337 e. The van der Waals surface area contributed by atoms with Crippen LogP contribution in [0.25, 0.3) is 10.2 Å². The van der Waals surface area contributed by atoms with Crippen molar-refractivity contribution in [3.8, 4) is 0 Å². The van der Waals surface area contributed by atoms with Gasteiger partial charge in [-0.2, -0.15) is 5.10 Å². The number of piperidine rings is 1. The Morgan fingerprint density at radius 3 is 2.65 bits per heavy atom. The SMILES string of the molecule is C=C1CCN(C(=O)c2cc3c(C)nn(Cc4ccc(Cl)cc4)c3s2)CC1. The molecule has 0 bridgehead atoms. The van der Waals surface area contributed by atoms with Crippen LogP contribution in [0.3, 0.4) is 0 Å². The van der Waals surface area contributed by atoms with Gasteiger partial charge in [0, 0.05) is 23.5 Å². The van der Waals surface area contributed by atoms with Crippen molar-refractivity contribution >= 4 is 39.1 Å². The minimum absolute atomic E-state index is 0.121. The Bertz CT molecular complexity index is 977. The van der Waals surface area contributed by atoms with Gasteiger partial charge in [-0.05, 0) is 43.5 Å². The van der Waals surface area contributed by atoms with Crippen LogP contribution in [-0.2, 0) is 6.54 Å². The molecule has 3 heterocycles. The van der Waals surface area contributed by atoms with Crippen molar-refractivity contribution < 1.29 is 4.79 Å². The number of carbonyl (C=O) groups excluding carboxylic acids is 1. The standard InChI is InChI=1S/C20H20ClN3OS/c1-13-7-9-23(10-8-13)19(25)18-11-17-14(2)22-24(20(17)26-18)12-15-3-5-16(21)6-4-15/h3-6,11H,1,7-10,12H2,2H3. The highest BCUT2D eigenvalue weighted by atomic mass is 35.5. The van der Waals surface area contributed by atoms with E-state index in [2.05, 4.69) is 11.7 Å². The number of aromatic nitrogens is 2. The third-order valence-corrected chi connectivity index (χ3v) is 6.21. The molecule has 1 aliphatic rings. The molecule has 26 heavy (non-hydrogen) atoms. The number of benzene rings is 1. The molecule has 2 aromatic heterocycles. The first kappa shape index (κ1) is 17.3. The molecule has 0 unspecified atom stereocenters. The van der Waals surface area contributed by atoms with Gasteiger partial charge in [0.2, 0.25) is 0 Å². The fourth-order valence-electron chi connectivity index (χ4n) is 3.27. The smallest absolute Gasteiger partial charge is 0.264 e. The molecule has 0 radical (unpaired) electrons. The molecule has 0 saturated carbocycles. The number of amides is 1. The summed E-state index contributed by atoms with van der Waals surface area (Å²) in [5, 5.41) is 6.44. The van der Waals surface area contributed by atoms with Gasteiger partial charge in [-0.3, -0.25) is 9.48 Å². The molecule has 1 aliphatic heterocycles. The lowest BCUT2D eigenvalue weighted by molar-refractivity contribution is 0.0749. The topological polar surface area (TPSA) is 38.1 Å². The average molecular weight is 386 g/mol. The maximum Gasteiger partial charge on any atom is 0.264 e. The molecule has 6 heteroatoms. The predicted molar refractivity (Wildman–Crippen MR) is 107 cm³/mol. The van der Waals surface area contributed by atoms with E-state index < -0.39 is 0 Å². The Morgan fingerprint density at radius 2 is 1.96 bits per heavy atom. The van der Waals surface area contributed by atoms with Crippen LogP contribution in [0, 0.1) is 6.92 Å². The Hall–Kier alpha value is -2.11. The highest BCUT2D eigenvalue weighted by Gasteiger charge is 2.23. The number of nitrogens with zero attached hydrogens (tertiary/aromatic N) is 3. The van der Waals surface area contributed by atoms with Crippen molar-refractivity contribution in [2.45, 2.75) is 26.3 Å². The van der Waals surface area contributed by atoms with E-state index in [4.69, 9.17) is 11.6 Å². The highest BCUT2D eigenvalue weighted by molar-refractivity contribution is 7.20. The molecule has 0 aliphatic carbocycles. The molecule has 3 aromatic rings. The fraction of sp³-hybridized carbons (Fsp3) is 0.300. The summed E-state index contributed by atoms with van der Waals surface area (Å²) in [6.07, 6.45) is 1.81. The van der Waals surface area contributed by atoms with Gasteiger partial charge in [0.1, 0.15) is 4.83 Å². The van der Waals surface area contributed by atoms with E-state index in [0.717, 1.165) is 57.3 Å². The van der Waals surface area contributed by atoms with Gasteiger partial charge in [-0.1, -0.05) is 35.9 Å². The molecule has 0 spiro atoms. The molecule has 1 aromatic carbocycles. The second-order valence-electron chi connectivity index (χ2n) is 6.74. The number of carbonyl (C=O) groups is 1. The van der Waals surface area contributed by atoms with Crippen LogP contribution >= 0.6 is 22.9 Å². The molecular formula is C20H20ClN3OS. The second-order valence-corrected chi connectivity index (χ2v) is 8.21. The third kappa shape index (κ3) is 3.29. The van der Waals surface area contributed by atoms with Crippen molar-refractivity contribution in [1.82, 2.24) is 14.7 Å². The minimum Gasteiger partial charge on any atom is -0.337 e. The van der Waals surface area contributed by atoms with Crippen molar-refractivity contribution in [3.05, 3.63) is 63.6 Å². The molecule has 0 atom stereocenters. The van der Waals surface area contributed by atoms with Crippen LogP contribution in [-0.4, -0.2) is 33.7 Å². The second kappa shape index (κ2) is 6.89. The number of hydrogen-bond acceptors (Lipinski definition) is 3. The summed E-state index contributed by atoms with van der Waals surface area (Å²) in [6.45, 7) is 8.21. The van der Waals surface area contributed by atoms with Crippen molar-refractivity contribution in [2.24, 2.45) is 0 Å². The van der Waals surface area contributed by atoms with E-state index in [0.29, 0.717) is 6.54 Å². The van der Waals surface area contributed by atoms with Gasteiger partial charge in [0.25, 0.3) is 5.91 Å².